The van der Waals surface area contributed by atoms with Gasteiger partial charge in [0.05, 0.1) is 0 Å². The van der Waals surface area contributed by atoms with Gasteiger partial charge in [-0.05, 0) is 42.4 Å². The molecule has 1 aliphatic heterocycles. The smallest absolute Gasteiger partial charge is 0.241 e. The van der Waals surface area contributed by atoms with Crippen LogP contribution in [-0.2, 0) is 11.2 Å². The Hall–Kier alpha value is -1.00. The second-order valence-electron chi connectivity index (χ2n) is 5.18. The predicted molar refractivity (Wildman–Crippen MR) is 86.1 cm³/mol. The Bertz CT molecular complexity index is 436. The first-order chi connectivity index (χ1) is 9.83. The van der Waals surface area contributed by atoms with E-state index in [-0.39, 0.29) is 11.9 Å². The minimum Gasteiger partial charge on any atom is -0.354 e. The normalized spacial score (nSPS) is 17.6. The van der Waals surface area contributed by atoms with Crippen molar-refractivity contribution in [3.63, 3.8) is 0 Å². The molecule has 0 fully saturated rings. The van der Waals surface area contributed by atoms with Gasteiger partial charge in [0.1, 0.15) is 6.04 Å². The zero-order valence-electron chi connectivity index (χ0n) is 12.2. The number of nitrogens with one attached hydrogen (secondary N) is 2. The van der Waals surface area contributed by atoms with Crippen LogP contribution in [0.15, 0.2) is 24.3 Å². The highest BCUT2D eigenvalue weighted by Crippen LogP contribution is 2.22. The summed E-state index contributed by atoms with van der Waals surface area (Å²) in [7, 11) is 0. The van der Waals surface area contributed by atoms with Gasteiger partial charge in [-0.1, -0.05) is 30.7 Å². The summed E-state index contributed by atoms with van der Waals surface area (Å²) in [4.78, 5) is 12.3. The second-order valence-corrected chi connectivity index (χ2v) is 6.17. The Morgan fingerprint density at radius 2 is 2.20 bits per heavy atom. The molecule has 2 rings (SSSR count). The van der Waals surface area contributed by atoms with Crippen LogP contribution >= 0.6 is 11.8 Å². The topological polar surface area (TPSA) is 41.1 Å². The second kappa shape index (κ2) is 8.32. The van der Waals surface area contributed by atoms with E-state index in [1.807, 2.05) is 23.9 Å². The number of unbranched alkanes of at least 4 members (excludes halogenated alkanes) is 2. The van der Waals surface area contributed by atoms with Crippen LogP contribution in [0.4, 0.5) is 0 Å². The van der Waals surface area contributed by atoms with E-state index in [4.69, 9.17) is 0 Å². The van der Waals surface area contributed by atoms with Crippen molar-refractivity contribution in [2.45, 2.75) is 31.7 Å². The molecule has 110 valence electrons. The Morgan fingerprint density at radius 1 is 1.35 bits per heavy atom. The van der Waals surface area contributed by atoms with E-state index in [0.717, 1.165) is 31.5 Å². The molecule has 2 N–H and O–H groups in total. The molecule has 0 saturated heterocycles. The Morgan fingerprint density at radius 3 is 3.05 bits per heavy atom. The summed E-state index contributed by atoms with van der Waals surface area (Å²) in [5, 5.41) is 6.38. The standard InChI is InChI=1S/C16H24N2OS/c1-20-12-6-2-5-10-18-16(19)15-14-8-4-3-7-13(14)9-11-17-15/h3-4,7-8,15,17H,2,5-6,9-12H2,1H3,(H,18,19). The lowest BCUT2D eigenvalue weighted by molar-refractivity contribution is -0.123. The van der Waals surface area contributed by atoms with Gasteiger partial charge in [-0.2, -0.15) is 11.8 Å². The molecule has 1 unspecified atom stereocenters. The van der Waals surface area contributed by atoms with Crippen LogP contribution < -0.4 is 10.6 Å². The fourth-order valence-electron chi connectivity index (χ4n) is 2.60. The van der Waals surface area contributed by atoms with Crippen LogP contribution in [0.2, 0.25) is 0 Å². The summed E-state index contributed by atoms with van der Waals surface area (Å²) in [5.74, 6) is 1.33. The Balaban J connectivity index is 1.79. The number of carbonyl (C=O) groups is 1. The monoisotopic (exact) mass is 292 g/mol. The number of fused-ring (bicyclic) bond motifs is 1. The molecule has 0 saturated carbocycles. The highest BCUT2D eigenvalue weighted by Gasteiger charge is 2.25. The van der Waals surface area contributed by atoms with Crippen LogP contribution in [0.1, 0.15) is 36.4 Å². The highest BCUT2D eigenvalue weighted by molar-refractivity contribution is 7.98. The molecule has 0 radical (unpaired) electrons. The molecule has 0 aromatic heterocycles. The Kier molecular flexibility index (Phi) is 6.40. The average molecular weight is 292 g/mol. The molecule has 20 heavy (non-hydrogen) atoms. The van der Waals surface area contributed by atoms with Crippen LogP contribution in [0.25, 0.3) is 0 Å². The lowest BCUT2D eigenvalue weighted by atomic mass is 9.94. The number of carbonyl (C=O) groups excluding carboxylic acids is 1. The lowest BCUT2D eigenvalue weighted by Gasteiger charge is -2.26. The van der Waals surface area contributed by atoms with E-state index in [0.29, 0.717) is 0 Å². The van der Waals surface area contributed by atoms with Gasteiger partial charge < -0.3 is 10.6 Å². The summed E-state index contributed by atoms with van der Waals surface area (Å²) in [5.41, 5.74) is 2.44. The SMILES string of the molecule is CSCCCCCNC(=O)C1NCCc2ccccc21. The predicted octanol–water partition coefficient (Wildman–Crippen LogP) is 2.52. The first-order valence-corrected chi connectivity index (χ1v) is 8.80. The van der Waals surface area contributed by atoms with Crippen LogP contribution in [0.3, 0.4) is 0 Å². The molecule has 0 spiro atoms. The van der Waals surface area contributed by atoms with Gasteiger partial charge in [0.15, 0.2) is 0 Å². The minimum absolute atomic E-state index is 0.113. The largest absolute Gasteiger partial charge is 0.354 e. The molecular weight excluding hydrogens is 268 g/mol. The lowest BCUT2D eigenvalue weighted by Crippen LogP contribution is -2.41. The zero-order valence-corrected chi connectivity index (χ0v) is 13.0. The maximum absolute atomic E-state index is 12.3. The summed E-state index contributed by atoms with van der Waals surface area (Å²) in [6.07, 6.45) is 6.64. The summed E-state index contributed by atoms with van der Waals surface area (Å²) < 4.78 is 0. The number of amides is 1. The van der Waals surface area contributed by atoms with E-state index in [9.17, 15) is 4.79 Å². The van der Waals surface area contributed by atoms with Crippen molar-refractivity contribution in [1.29, 1.82) is 0 Å². The summed E-state index contributed by atoms with van der Waals surface area (Å²) in [6.45, 7) is 1.66. The molecule has 0 bridgehead atoms. The Labute approximate surface area is 125 Å². The molecular formula is C16H24N2OS. The summed E-state index contributed by atoms with van der Waals surface area (Å²) >= 11 is 1.88. The van der Waals surface area contributed by atoms with Gasteiger partial charge in [0.25, 0.3) is 0 Å². The molecule has 1 heterocycles. The average Bonchev–Trinajstić information content (AvgIpc) is 2.50. The third-order valence-corrected chi connectivity index (χ3v) is 4.39. The van der Waals surface area contributed by atoms with Crippen molar-refractivity contribution < 1.29 is 4.79 Å². The highest BCUT2D eigenvalue weighted by atomic mass is 32.2. The molecule has 1 atom stereocenters. The molecule has 0 aliphatic carbocycles. The van der Waals surface area contributed by atoms with E-state index in [1.54, 1.807) is 0 Å². The fraction of sp³-hybridized carbons (Fsp3) is 0.562. The molecule has 4 heteroatoms. The number of rotatable bonds is 7. The number of hydrogen-bond acceptors (Lipinski definition) is 3. The summed E-state index contributed by atoms with van der Waals surface area (Å²) in [6, 6.07) is 8.06. The molecule has 1 amide bonds. The van der Waals surface area contributed by atoms with E-state index >= 15 is 0 Å². The molecule has 3 nitrogen and oxygen atoms in total. The molecule has 1 aromatic carbocycles. The number of benzene rings is 1. The first-order valence-electron chi connectivity index (χ1n) is 7.41. The number of hydrogen-bond donors (Lipinski definition) is 2. The van der Waals surface area contributed by atoms with E-state index in [2.05, 4.69) is 29.0 Å². The maximum Gasteiger partial charge on any atom is 0.241 e. The fourth-order valence-corrected chi connectivity index (χ4v) is 3.09. The van der Waals surface area contributed by atoms with Crippen molar-refractivity contribution >= 4 is 17.7 Å². The van der Waals surface area contributed by atoms with Crippen LogP contribution in [-0.4, -0.2) is 31.0 Å². The van der Waals surface area contributed by atoms with Gasteiger partial charge >= 0.3 is 0 Å². The van der Waals surface area contributed by atoms with E-state index < -0.39 is 0 Å². The molecule has 1 aliphatic rings. The van der Waals surface area contributed by atoms with Gasteiger partial charge in [-0.25, -0.2) is 0 Å². The first kappa shape index (κ1) is 15.4. The van der Waals surface area contributed by atoms with Crippen LogP contribution in [0.5, 0.6) is 0 Å². The third-order valence-electron chi connectivity index (χ3n) is 3.70. The van der Waals surface area contributed by atoms with Gasteiger partial charge in [0, 0.05) is 13.1 Å². The van der Waals surface area contributed by atoms with Gasteiger partial charge in [0.2, 0.25) is 5.91 Å². The van der Waals surface area contributed by atoms with Crippen molar-refractivity contribution in [2.75, 3.05) is 25.1 Å². The minimum atomic E-state index is -0.175. The zero-order chi connectivity index (χ0) is 14.2. The number of thioether (sulfide) groups is 1. The van der Waals surface area contributed by atoms with Crippen molar-refractivity contribution in [3.05, 3.63) is 35.4 Å². The van der Waals surface area contributed by atoms with Crippen molar-refractivity contribution in [1.82, 2.24) is 10.6 Å². The van der Waals surface area contributed by atoms with E-state index in [1.165, 1.54) is 24.2 Å². The van der Waals surface area contributed by atoms with Crippen molar-refractivity contribution in [3.8, 4) is 0 Å². The quantitative estimate of drug-likeness (QED) is 0.759. The molecule has 1 aromatic rings. The van der Waals surface area contributed by atoms with Gasteiger partial charge in [-0.15, -0.1) is 0 Å². The maximum atomic E-state index is 12.3. The van der Waals surface area contributed by atoms with Gasteiger partial charge in [-0.3, -0.25) is 4.79 Å². The third kappa shape index (κ3) is 4.25. The van der Waals surface area contributed by atoms with Crippen molar-refractivity contribution in [2.24, 2.45) is 0 Å². The van der Waals surface area contributed by atoms with Crippen LogP contribution in [0, 0.1) is 0 Å².